The third kappa shape index (κ3) is 3.46. The Bertz CT molecular complexity index is 728. The standard InChI is InChI=1S/C19H21N3O/c1-15-6-7-16(12-19(15)23)14-21-8-10-22(11-9-21)18-5-3-2-4-17(18)13-20/h2-7,12,23H,8-11,14H2,1H3. The van der Waals surface area contributed by atoms with E-state index in [1.54, 1.807) is 0 Å². The number of piperazine rings is 1. The molecule has 1 aliphatic rings. The molecule has 0 bridgehead atoms. The molecule has 3 rings (SSSR count). The van der Waals surface area contributed by atoms with Crippen molar-refractivity contribution in [2.24, 2.45) is 0 Å². The average molecular weight is 307 g/mol. The lowest BCUT2D eigenvalue weighted by Crippen LogP contribution is -2.46. The molecule has 0 atom stereocenters. The van der Waals surface area contributed by atoms with Gasteiger partial charge in [0, 0.05) is 32.7 Å². The number of para-hydroxylation sites is 1. The third-order valence-corrected chi connectivity index (χ3v) is 4.42. The van der Waals surface area contributed by atoms with Crippen molar-refractivity contribution in [3.63, 3.8) is 0 Å². The van der Waals surface area contributed by atoms with Crippen LogP contribution in [0.1, 0.15) is 16.7 Å². The van der Waals surface area contributed by atoms with E-state index < -0.39 is 0 Å². The van der Waals surface area contributed by atoms with Crippen LogP contribution in [0.25, 0.3) is 0 Å². The molecule has 4 heteroatoms. The molecule has 2 aromatic carbocycles. The Morgan fingerprint density at radius 2 is 1.83 bits per heavy atom. The number of aryl methyl sites for hydroxylation is 1. The van der Waals surface area contributed by atoms with E-state index in [-0.39, 0.29) is 0 Å². The molecule has 23 heavy (non-hydrogen) atoms. The maximum Gasteiger partial charge on any atom is 0.118 e. The monoisotopic (exact) mass is 307 g/mol. The summed E-state index contributed by atoms with van der Waals surface area (Å²) in [6.45, 7) is 6.49. The molecule has 1 fully saturated rings. The van der Waals surface area contributed by atoms with E-state index in [0.717, 1.165) is 55.1 Å². The number of nitrogens with zero attached hydrogens (tertiary/aromatic N) is 3. The van der Waals surface area contributed by atoms with Gasteiger partial charge >= 0.3 is 0 Å². The fourth-order valence-corrected chi connectivity index (χ4v) is 3.00. The van der Waals surface area contributed by atoms with E-state index in [4.69, 9.17) is 0 Å². The van der Waals surface area contributed by atoms with Crippen LogP contribution in [-0.4, -0.2) is 36.2 Å². The lowest BCUT2D eigenvalue weighted by molar-refractivity contribution is 0.249. The third-order valence-electron chi connectivity index (χ3n) is 4.42. The van der Waals surface area contributed by atoms with Gasteiger partial charge in [-0.15, -0.1) is 0 Å². The van der Waals surface area contributed by atoms with Crippen LogP contribution in [0.15, 0.2) is 42.5 Å². The van der Waals surface area contributed by atoms with Gasteiger partial charge in [0.05, 0.1) is 11.3 Å². The average Bonchev–Trinajstić information content (AvgIpc) is 2.59. The van der Waals surface area contributed by atoms with Gasteiger partial charge in [0.2, 0.25) is 0 Å². The molecular weight excluding hydrogens is 286 g/mol. The number of phenolic OH excluding ortho intramolecular Hbond substituents is 1. The van der Waals surface area contributed by atoms with Gasteiger partial charge in [-0.3, -0.25) is 4.90 Å². The number of rotatable bonds is 3. The Kier molecular flexibility index (Phi) is 4.50. The summed E-state index contributed by atoms with van der Waals surface area (Å²) in [4.78, 5) is 4.66. The van der Waals surface area contributed by atoms with Crippen molar-refractivity contribution in [3.8, 4) is 11.8 Å². The van der Waals surface area contributed by atoms with Crippen molar-refractivity contribution in [2.75, 3.05) is 31.1 Å². The quantitative estimate of drug-likeness (QED) is 0.947. The molecule has 0 saturated carbocycles. The van der Waals surface area contributed by atoms with Gasteiger partial charge in [-0.1, -0.05) is 24.3 Å². The van der Waals surface area contributed by atoms with Crippen LogP contribution in [0.2, 0.25) is 0 Å². The molecule has 0 spiro atoms. The molecule has 118 valence electrons. The second kappa shape index (κ2) is 6.72. The number of hydrogen-bond donors (Lipinski definition) is 1. The highest BCUT2D eigenvalue weighted by Crippen LogP contribution is 2.22. The lowest BCUT2D eigenvalue weighted by atomic mass is 10.1. The summed E-state index contributed by atoms with van der Waals surface area (Å²) in [6, 6.07) is 15.9. The summed E-state index contributed by atoms with van der Waals surface area (Å²) < 4.78 is 0. The van der Waals surface area contributed by atoms with E-state index in [0.29, 0.717) is 5.75 Å². The number of aromatic hydroxyl groups is 1. The number of anilines is 1. The fourth-order valence-electron chi connectivity index (χ4n) is 3.00. The van der Waals surface area contributed by atoms with Crippen LogP contribution in [0.4, 0.5) is 5.69 Å². The Morgan fingerprint density at radius 1 is 1.09 bits per heavy atom. The molecular formula is C19H21N3O. The Hall–Kier alpha value is -2.51. The highest BCUT2D eigenvalue weighted by molar-refractivity contribution is 5.59. The van der Waals surface area contributed by atoms with Gasteiger partial charge in [-0.2, -0.15) is 5.26 Å². The minimum Gasteiger partial charge on any atom is -0.508 e. The maximum absolute atomic E-state index is 9.82. The number of benzene rings is 2. The van der Waals surface area contributed by atoms with Crippen LogP contribution in [-0.2, 0) is 6.54 Å². The number of nitriles is 1. The van der Waals surface area contributed by atoms with Gasteiger partial charge in [0.1, 0.15) is 11.8 Å². The van der Waals surface area contributed by atoms with Gasteiger partial charge in [0.25, 0.3) is 0 Å². The second-order valence-corrected chi connectivity index (χ2v) is 6.01. The Labute approximate surface area is 137 Å². The topological polar surface area (TPSA) is 50.5 Å². The largest absolute Gasteiger partial charge is 0.508 e. The molecule has 0 unspecified atom stereocenters. The molecule has 0 radical (unpaired) electrons. The van der Waals surface area contributed by atoms with E-state index in [9.17, 15) is 10.4 Å². The van der Waals surface area contributed by atoms with Gasteiger partial charge < -0.3 is 10.0 Å². The van der Waals surface area contributed by atoms with Gasteiger partial charge in [-0.05, 0) is 36.2 Å². The highest BCUT2D eigenvalue weighted by Gasteiger charge is 2.19. The molecule has 4 nitrogen and oxygen atoms in total. The first-order chi connectivity index (χ1) is 11.2. The van der Waals surface area contributed by atoms with Crippen LogP contribution in [0, 0.1) is 18.3 Å². The first-order valence-electron chi connectivity index (χ1n) is 7.92. The van der Waals surface area contributed by atoms with Crippen molar-refractivity contribution >= 4 is 5.69 Å². The summed E-state index contributed by atoms with van der Waals surface area (Å²) in [5, 5.41) is 19.1. The highest BCUT2D eigenvalue weighted by atomic mass is 16.3. The Balaban J connectivity index is 1.62. The Morgan fingerprint density at radius 3 is 2.52 bits per heavy atom. The minimum atomic E-state index is 0.365. The zero-order valence-corrected chi connectivity index (χ0v) is 13.4. The summed E-state index contributed by atoms with van der Waals surface area (Å²) in [6.07, 6.45) is 0. The molecule has 0 aromatic heterocycles. The maximum atomic E-state index is 9.82. The normalized spacial score (nSPS) is 15.4. The SMILES string of the molecule is Cc1ccc(CN2CCN(c3ccccc3C#N)CC2)cc1O. The van der Waals surface area contributed by atoms with Crippen LogP contribution >= 0.6 is 0 Å². The number of hydrogen-bond acceptors (Lipinski definition) is 4. The summed E-state index contributed by atoms with van der Waals surface area (Å²) >= 11 is 0. The van der Waals surface area contributed by atoms with Crippen LogP contribution < -0.4 is 4.90 Å². The minimum absolute atomic E-state index is 0.365. The molecule has 2 aromatic rings. The van der Waals surface area contributed by atoms with Gasteiger partial charge in [-0.25, -0.2) is 0 Å². The fraction of sp³-hybridized carbons (Fsp3) is 0.316. The molecule has 0 aliphatic carbocycles. The van der Waals surface area contributed by atoms with Crippen molar-refractivity contribution in [1.29, 1.82) is 5.26 Å². The molecule has 1 saturated heterocycles. The zero-order valence-electron chi connectivity index (χ0n) is 13.4. The summed E-state index contributed by atoms with van der Waals surface area (Å²) in [7, 11) is 0. The van der Waals surface area contributed by atoms with E-state index in [1.807, 2.05) is 43.3 Å². The van der Waals surface area contributed by atoms with Crippen molar-refractivity contribution in [1.82, 2.24) is 4.90 Å². The van der Waals surface area contributed by atoms with E-state index in [1.165, 1.54) is 0 Å². The summed E-state index contributed by atoms with van der Waals surface area (Å²) in [5.41, 5.74) is 3.82. The number of phenols is 1. The van der Waals surface area contributed by atoms with Crippen LogP contribution in [0.3, 0.4) is 0 Å². The first-order valence-corrected chi connectivity index (χ1v) is 7.92. The summed E-state index contributed by atoms with van der Waals surface area (Å²) in [5.74, 6) is 0.365. The smallest absolute Gasteiger partial charge is 0.118 e. The zero-order chi connectivity index (χ0) is 16.2. The van der Waals surface area contributed by atoms with Crippen LogP contribution in [0.5, 0.6) is 5.75 Å². The molecule has 1 N–H and O–H groups in total. The van der Waals surface area contributed by atoms with Crippen molar-refractivity contribution in [2.45, 2.75) is 13.5 Å². The molecule has 1 heterocycles. The molecule has 1 aliphatic heterocycles. The van der Waals surface area contributed by atoms with Gasteiger partial charge in [0.15, 0.2) is 0 Å². The predicted molar refractivity (Wildman–Crippen MR) is 91.5 cm³/mol. The van der Waals surface area contributed by atoms with Crippen molar-refractivity contribution < 1.29 is 5.11 Å². The molecule has 0 amide bonds. The van der Waals surface area contributed by atoms with E-state index >= 15 is 0 Å². The predicted octanol–water partition coefficient (Wildman–Crippen LogP) is 2.89. The first kappa shape index (κ1) is 15.4. The second-order valence-electron chi connectivity index (χ2n) is 6.01. The lowest BCUT2D eigenvalue weighted by Gasteiger charge is -2.36. The van der Waals surface area contributed by atoms with E-state index in [2.05, 4.69) is 21.9 Å². The van der Waals surface area contributed by atoms with Crippen molar-refractivity contribution in [3.05, 3.63) is 59.2 Å².